The van der Waals surface area contributed by atoms with Crippen molar-refractivity contribution >= 4 is 5.96 Å². The highest BCUT2D eigenvalue weighted by Gasteiger charge is 2.19. The van der Waals surface area contributed by atoms with Crippen molar-refractivity contribution in [3.8, 4) is 0 Å². The number of nitrogens with zero attached hydrogens (tertiary/aromatic N) is 5. The molecule has 0 amide bonds. The Morgan fingerprint density at radius 2 is 1.68 bits per heavy atom. The summed E-state index contributed by atoms with van der Waals surface area (Å²) in [6.45, 7) is 12.4. The van der Waals surface area contributed by atoms with E-state index in [4.69, 9.17) is 0 Å². The van der Waals surface area contributed by atoms with Crippen LogP contribution in [0.1, 0.15) is 18.4 Å². The summed E-state index contributed by atoms with van der Waals surface area (Å²) < 4.78 is 0. The van der Waals surface area contributed by atoms with Gasteiger partial charge < -0.3 is 20.0 Å². The molecule has 0 saturated carbocycles. The third-order valence-electron chi connectivity index (χ3n) is 5.88. The molecule has 2 saturated heterocycles. The van der Waals surface area contributed by atoms with Crippen LogP contribution in [-0.4, -0.2) is 105 Å². The monoisotopic (exact) mass is 386 g/mol. The molecule has 2 heterocycles. The Balaban J connectivity index is 1.33. The second-order valence-corrected chi connectivity index (χ2v) is 8.07. The van der Waals surface area contributed by atoms with Gasteiger partial charge in [-0.2, -0.15) is 0 Å². The van der Waals surface area contributed by atoms with Gasteiger partial charge >= 0.3 is 0 Å². The molecule has 3 rings (SSSR count). The van der Waals surface area contributed by atoms with E-state index in [2.05, 4.69) is 67.3 Å². The minimum absolute atomic E-state index is 1.00. The van der Waals surface area contributed by atoms with E-state index >= 15 is 0 Å². The van der Waals surface area contributed by atoms with Gasteiger partial charge in [-0.25, -0.2) is 0 Å². The zero-order valence-corrected chi connectivity index (χ0v) is 17.8. The zero-order valence-electron chi connectivity index (χ0n) is 17.8. The van der Waals surface area contributed by atoms with E-state index in [1.54, 1.807) is 0 Å². The first-order valence-electron chi connectivity index (χ1n) is 10.9. The maximum atomic E-state index is 4.52. The van der Waals surface area contributed by atoms with Gasteiger partial charge in [0.1, 0.15) is 0 Å². The Hall–Kier alpha value is -1.63. The molecule has 0 aliphatic carbocycles. The number of aliphatic imine (C=N–C) groups is 1. The Labute approximate surface area is 171 Å². The van der Waals surface area contributed by atoms with Crippen LogP contribution in [0.4, 0.5) is 0 Å². The van der Waals surface area contributed by atoms with E-state index in [-0.39, 0.29) is 0 Å². The number of nitrogens with one attached hydrogen (secondary N) is 1. The quantitative estimate of drug-likeness (QED) is 0.455. The molecule has 1 aromatic rings. The number of rotatable bonds is 6. The Bertz CT molecular complexity index is 582. The summed E-state index contributed by atoms with van der Waals surface area (Å²) in [7, 11) is 4.14. The van der Waals surface area contributed by atoms with Crippen molar-refractivity contribution < 1.29 is 0 Å². The molecular formula is C22H38N6. The molecule has 0 bridgehead atoms. The number of guanidine groups is 1. The standard InChI is InChI=1S/C22H38N6/c1-23-22(24-10-6-12-26-13-7-11-25(2)14-15-26)28-18-16-27(17-19-28)20-21-8-4-3-5-9-21/h3-5,8-9H,6-7,10-20H2,1-2H3,(H,23,24). The van der Waals surface area contributed by atoms with E-state index in [0.29, 0.717) is 0 Å². The topological polar surface area (TPSA) is 37.4 Å². The van der Waals surface area contributed by atoms with Crippen molar-refractivity contribution in [3.63, 3.8) is 0 Å². The van der Waals surface area contributed by atoms with Crippen LogP contribution in [0.2, 0.25) is 0 Å². The fourth-order valence-electron chi connectivity index (χ4n) is 4.12. The number of hydrogen-bond donors (Lipinski definition) is 1. The molecular weight excluding hydrogens is 348 g/mol. The van der Waals surface area contributed by atoms with E-state index in [0.717, 1.165) is 45.2 Å². The molecule has 0 spiro atoms. The minimum Gasteiger partial charge on any atom is -0.356 e. The second-order valence-electron chi connectivity index (χ2n) is 8.07. The third kappa shape index (κ3) is 6.76. The number of piperazine rings is 1. The van der Waals surface area contributed by atoms with Crippen LogP contribution in [0, 0.1) is 0 Å². The molecule has 28 heavy (non-hydrogen) atoms. The fourth-order valence-corrected chi connectivity index (χ4v) is 4.12. The summed E-state index contributed by atoms with van der Waals surface area (Å²) in [5.41, 5.74) is 1.40. The largest absolute Gasteiger partial charge is 0.356 e. The van der Waals surface area contributed by atoms with Crippen LogP contribution in [0.3, 0.4) is 0 Å². The normalized spacial score (nSPS) is 20.9. The highest BCUT2D eigenvalue weighted by molar-refractivity contribution is 5.79. The van der Waals surface area contributed by atoms with Crippen molar-refractivity contribution in [2.45, 2.75) is 19.4 Å². The van der Waals surface area contributed by atoms with Crippen molar-refractivity contribution in [1.82, 2.24) is 24.9 Å². The van der Waals surface area contributed by atoms with Gasteiger partial charge in [0.2, 0.25) is 0 Å². The van der Waals surface area contributed by atoms with Gasteiger partial charge in [0, 0.05) is 59.4 Å². The van der Waals surface area contributed by atoms with Gasteiger partial charge in [-0.05, 0) is 45.1 Å². The third-order valence-corrected chi connectivity index (χ3v) is 5.88. The number of hydrogen-bond acceptors (Lipinski definition) is 4. The average molecular weight is 387 g/mol. The van der Waals surface area contributed by atoms with Crippen molar-refractivity contribution in [2.75, 3.05) is 79.5 Å². The molecule has 0 aromatic heterocycles. The predicted octanol–water partition coefficient (Wildman–Crippen LogP) is 1.41. The van der Waals surface area contributed by atoms with Gasteiger partial charge in [-0.15, -0.1) is 0 Å². The average Bonchev–Trinajstić information content (AvgIpc) is 2.94. The van der Waals surface area contributed by atoms with Crippen LogP contribution in [0.25, 0.3) is 0 Å². The first-order valence-corrected chi connectivity index (χ1v) is 10.9. The molecule has 1 aromatic carbocycles. The highest BCUT2D eigenvalue weighted by Crippen LogP contribution is 2.08. The summed E-state index contributed by atoms with van der Waals surface area (Å²) in [6.07, 6.45) is 2.47. The van der Waals surface area contributed by atoms with Crippen LogP contribution >= 0.6 is 0 Å². The van der Waals surface area contributed by atoms with Gasteiger partial charge in [0.15, 0.2) is 5.96 Å². The minimum atomic E-state index is 1.00. The molecule has 1 N–H and O–H groups in total. The lowest BCUT2D eigenvalue weighted by molar-refractivity contribution is 0.172. The Morgan fingerprint density at radius 3 is 2.43 bits per heavy atom. The Morgan fingerprint density at radius 1 is 0.929 bits per heavy atom. The molecule has 2 aliphatic heterocycles. The fraction of sp³-hybridized carbons (Fsp3) is 0.682. The summed E-state index contributed by atoms with van der Waals surface area (Å²) >= 11 is 0. The van der Waals surface area contributed by atoms with Crippen molar-refractivity contribution in [2.24, 2.45) is 4.99 Å². The lowest BCUT2D eigenvalue weighted by Crippen LogP contribution is -2.52. The van der Waals surface area contributed by atoms with Crippen LogP contribution < -0.4 is 5.32 Å². The first kappa shape index (κ1) is 21.1. The maximum absolute atomic E-state index is 4.52. The maximum Gasteiger partial charge on any atom is 0.193 e. The van der Waals surface area contributed by atoms with E-state index in [9.17, 15) is 0 Å². The zero-order chi connectivity index (χ0) is 19.6. The molecule has 6 nitrogen and oxygen atoms in total. The number of benzene rings is 1. The lowest BCUT2D eigenvalue weighted by atomic mass is 10.2. The van der Waals surface area contributed by atoms with E-state index in [1.165, 1.54) is 51.1 Å². The molecule has 0 radical (unpaired) electrons. The molecule has 0 atom stereocenters. The molecule has 156 valence electrons. The Kier molecular flexibility index (Phi) is 8.58. The molecule has 2 fully saturated rings. The summed E-state index contributed by atoms with van der Waals surface area (Å²) in [5, 5.41) is 3.59. The van der Waals surface area contributed by atoms with E-state index in [1.807, 2.05) is 7.05 Å². The summed E-state index contributed by atoms with van der Waals surface area (Å²) in [6, 6.07) is 10.8. The molecule has 0 unspecified atom stereocenters. The summed E-state index contributed by atoms with van der Waals surface area (Å²) in [4.78, 5) is 14.5. The lowest BCUT2D eigenvalue weighted by Gasteiger charge is -2.36. The summed E-state index contributed by atoms with van der Waals surface area (Å²) in [5.74, 6) is 1.06. The van der Waals surface area contributed by atoms with Gasteiger partial charge in [-0.1, -0.05) is 30.3 Å². The van der Waals surface area contributed by atoms with Crippen molar-refractivity contribution in [1.29, 1.82) is 0 Å². The van der Waals surface area contributed by atoms with E-state index < -0.39 is 0 Å². The number of likely N-dealkylation sites (N-methyl/N-ethyl adjacent to an activating group) is 1. The van der Waals surface area contributed by atoms with Crippen molar-refractivity contribution in [3.05, 3.63) is 35.9 Å². The predicted molar refractivity (Wildman–Crippen MR) is 118 cm³/mol. The highest BCUT2D eigenvalue weighted by atomic mass is 15.3. The smallest absolute Gasteiger partial charge is 0.193 e. The second kappa shape index (κ2) is 11.4. The first-order chi connectivity index (χ1) is 13.7. The molecule has 6 heteroatoms. The van der Waals surface area contributed by atoms with Gasteiger partial charge in [-0.3, -0.25) is 9.89 Å². The molecule has 2 aliphatic rings. The SMILES string of the molecule is CN=C(NCCCN1CCCN(C)CC1)N1CCN(Cc2ccccc2)CC1. The van der Waals surface area contributed by atoms with Crippen LogP contribution in [0.5, 0.6) is 0 Å². The van der Waals surface area contributed by atoms with Gasteiger partial charge in [0.25, 0.3) is 0 Å². The van der Waals surface area contributed by atoms with Crippen LogP contribution in [0.15, 0.2) is 35.3 Å². The van der Waals surface area contributed by atoms with Crippen LogP contribution in [-0.2, 0) is 6.54 Å². The van der Waals surface area contributed by atoms with Gasteiger partial charge in [0.05, 0.1) is 0 Å².